The van der Waals surface area contributed by atoms with Crippen molar-refractivity contribution in [3.8, 4) is 5.75 Å². The van der Waals surface area contributed by atoms with Gasteiger partial charge in [-0.3, -0.25) is 4.79 Å². The van der Waals surface area contributed by atoms with E-state index >= 15 is 0 Å². The molecule has 0 radical (unpaired) electrons. The smallest absolute Gasteiger partial charge is 0.344 e. The van der Waals surface area contributed by atoms with Gasteiger partial charge in [-0.25, -0.2) is 4.79 Å². The van der Waals surface area contributed by atoms with Crippen LogP contribution < -0.4 is 4.74 Å². The molecular formula is C16H19BrO4. The molecule has 114 valence electrons. The van der Waals surface area contributed by atoms with E-state index in [1.54, 1.807) is 18.2 Å². The summed E-state index contributed by atoms with van der Waals surface area (Å²) in [5, 5.41) is 9.36. The molecule has 0 saturated heterocycles. The number of carboxylic acids is 1. The molecule has 1 fully saturated rings. The van der Waals surface area contributed by atoms with Gasteiger partial charge in [-0.1, -0.05) is 48.0 Å². The van der Waals surface area contributed by atoms with Gasteiger partial charge in [0.15, 0.2) is 12.4 Å². The van der Waals surface area contributed by atoms with E-state index in [2.05, 4.69) is 15.9 Å². The summed E-state index contributed by atoms with van der Waals surface area (Å²) in [6.07, 6.45) is 5.97. The van der Waals surface area contributed by atoms with Crippen LogP contribution in [0.5, 0.6) is 5.75 Å². The highest BCUT2D eigenvalue weighted by atomic mass is 79.9. The number of benzene rings is 1. The van der Waals surface area contributed by atoms with Crippen LogP contribution in [0.3, 0.4) is 0 Å². The molecule has 1 aliphatic rings. The van der Waals surface area contributed by atoms with Crippen molar-refractivity contribution < 1.29 is 19.4 Å². The van der Waals surface area contributed by atoms with Crippen LogP contribution >= 0.6 is 15.9 Å². The Balaban J connectivity index is 2.08. The van der Waals surface area contributed by atoms with Gasteiger partial charge in [0, 0.05) is 4.47 Å². The number of rotatable bonds is 6. The van der Waals surface area contributed by atoms with Crippen molar-refractivity contribution in [1.82, 2.24) is 0 Å². The molecule has 1 aromatic rings. The Hall–Kier alpha value is -1.36. The van der Waals surface area contributed by atoms with Gasteiger partial charge in [-0.05, 0) is 30.5 Å². The number of hydrogen-bond donors (Lipinski definition) is 1. The Labute approximate surface area is 132 Å². The zero-order valence-corrected chi connectivity index (χ0v) is 13.3. The van der Waals surface area contributed by atoms with Crippen LogP contribution in [0.15, 0.2) is 22.7 Å². The van der Waals surface area contributed by atoms with Gasteiger partial charge in [-0.2, -0.15) is 0 Å². The van der Waals surface area contributed by atoms with Crippen LogP contribution in [0.1, 0.15) is 48.9 Å². The summed E-state index contributed by atoms with van der Waals surface area (Å²) in [4.78, 5) is 22.5. The zero-order chi connectivity index (χ0) is 15.2. The van der Waals surface area contributed by atoms with Gasteiger partial charge in [0.2, 0.25) is 0 Å². The van der Waals surface area contributed by atoms with Gasteiger partial charge < -0.3 is 9.84 Å². The normalized spacial score (nSPS) is 17.2. The highest BCUT2D eigenvalue weighted by Gasteiger charge is 2.26. The number of carbonyl (C=O) groups is 2. The summed E-state index contributed by atoms with van der Waals surface area (Å²) in [7, 11) is 0. The summed E-state index contributed by atoms with van der Waals surface area (Å²) in [5.41, 5.74) is 0.360. The van der Waals surface area contributed by atoms with Crippen molar-refractivity contribution in [2.75, 3.05) is 0 Å². The molecule has 0 amide bonds. The molecule has 0 spiro atoms. The summed E-state index contributed by atoms with van der Waals surface area (Å²) in [6, 6.07) is 4.99. The predicted octanol–water partition coefficient (Wildman–Crippen LogP) is 4.06. The van der Waals surface area contributed by atoms with E-state index in [0.717, 1.165) is 30.2 Å². The summed E-state index contributed by atoms with van der Waals surface area (Å²) in [5.74, 6) is -0.244. The van der Waals surface area contributed by atoms with Gasteiger partial charge in [0.1, 0.15) is 5.75 Å². The first-order valence-corrected chi connectivity index (χ1v) is 8.03. The second kappa shape index (κ2) is 7.59. The number of carboxylic acid groups (broad SMARTS) is 1. The van der Waals surface area contributed by atoms with E-state index in [1.807, 2.05) is 0 Å². The average molecular weight is 355 g/mol. The Bertz CT molecular complexity index is 509. The first-order valence-electron chi connectivity index (χ1n) is 7.24. The predicted molar refractivity (Wildman–Crippen MR) is 82.8 cm³/mol. The third-order valence-corrected chi connectivity index (χ3v) is 4.41. The molecule has 5 heteroatoms. The van der Waals surface area contributed by atoms with Gasteiger partial charge in [0.25, 0.3) is 0 Å². The van der Waals surface area contributed by atoms with Crippen molar-refractivity contribution in [3.05, 3.63) is 28.2 Å². The van der Waals surface area contributed by atoms with E-state index < -0.39 is 12.1 Å². The lowest BCUT2D eigenvalue weighted by Gasteiger charge is -2.25. The van der Waals surface area contributed by atoms with Crippen LogP contribution in [0.25, 0.3) is 0 Å². The van der Waals surface area contributed by atoms with E-state index in [4.69, 9.17) is 4.74 Å². The highest BCUT2D eigenvalue weighted by Crippen LogP contribution is 2.30. The fourth-order valence-electron chi connectivity index (χ4n) is 2.80. The Kier molecular flexibility index (Phi) is 5.79. The molecule has 1 aliphatic carbocycles. The molecule has 1 unspecified atom stereocenters. The van der Waals surface area contributed by atoms with E-state index in [1.165, 1.54) is 6.42 Å². The van der Waals surface area contributed by atoms with Crippen LogP contribution in [0, 0.1) is 5.92 Å². The van der Waals surface area contributed by atoms with E-state index in [-0.39, 0.29) is 0 Å². The Morgan fingerprint density at radius 3 is 2.71 bits per heavy atom. The zero-order valence-electron chi connectivity index (χ0n) is 11.8. The maximum Gasteiger partial charge on any atom is 0.344 e. The molecule has 21 heavy (non-hydrogen) atoms. The number of carbonyl (C=O) groups excluding carboxylic acids is 1. The number of hydrogen-bond acceptors (Lipinski definition) is 3. The van der Waals surface area contributed by atoms with Crippen molar-refractivity contribution in [2.24, 2.45) is 5.92 Å². The van der Waals surface area contributed by atoms with Crippen molar-refractivity contribution in [1.29, 1.82) is 0 Å². The minimum atomic E-state index is -0.972. The van der Waals surface area contributed by atoms with Crippen LogP contribution in [0.4, 0.5) is 0 Å². The van der Waals surface area contributed by atoms with E-state index in [0.29, 0.717) is 29.9 Å². The third kappa shape index (κ3) is 4.56. The van der Waals surface area contributed by atoms with Crippen molar-refractivity contribution >= 4 is 28.2 Å². The van der Waals surface area contributed by atoms with Gasteiger partial charge in [0.05, 0.1) is 5.56 Å². The standard InChI is InChI=1S/C16H19BrO4/c17-13-6-7-14(12(9-13)10-18)21-15(16(19)20)8-11-4-2-1-3-5-11/h6-7,9-11,15H,1-5,8H2,(H,19,20). The third-order valence-electron chi connectivity index (χ3n) is 3.92. The molecule has 1 aromatic carbocycles. The largest absolute Gasteiger partial charge is 0.479 e. The first-order chi connectivity index (χ1) is 10.1. The maximum absolute atomic E-state index is 11.4. The molecule has 0 bridgehead atoms. The molecular weight excluding hydrogens is 336 g/mol. The minimum Gasteiger partial charge on any atom is -0.479 e. The number of aldehydes is 1. The lowest BCUT2D eigenvalue weighted by atomic mass is 9.85. The van der Waals surface area contributed by atoms with E-state index in [9.17, 15) is 14.7 Å². The summed E-state index contributed by atoms with van der Waals surface area (Å²) >= 11 is 3.28. The van der Waals surface area contributed by atoms with Crippen molar-refractivity contribution in [2.45, 2.75) is 44.6 Å². The molecule has 2 rings (SSSR count). The molecule has 1 N–H and O–H groups in total. The Morgan fingerprint density at radius 2 is 2.10 bits per heavy atom. The fraction of sp³-hybridized carbons (Fsp3) is 0.500. The number of halogens is 1. The Morgan fingerprint density at radius 1 is 1.38 bits per heavy atom. The average Bonchev–Trinajstić information content (AvgIpc) is 2.49. The SMILES string of the molecule is O=Cc1cc(Br)ccc1OC(CC1CCCCC1)C(=O)O. The highest BCUT2D eigenvalue weighted by molar-refractivity contribution is 9.10. The van der Waals surface area contributed by atoms with Gasteiger partial charge >= 0.3 is 5.97 Å². The lowest BCUT2D eigenvalue weighted by Crippen LogP contribution is -2.30. The molecule has 0 heterocycles. The lowest BCUT2D eigenvalue weighted by molar-refractivity contribution is -0.146. The summed E-state index contributed by atoms with van der Waals surface area (Å²) in [6.45, 7) is 0. The summed E-state index contributed by atoms with van der Waals surface area (Å²) < 4.78 is 6.36. The topological polar surface area (TPSA) is 63.6 Å². The molecule has 0 aromatic heterocycles. The second-order valence-electron chi connectivity index (χ2n) is 5.48. The number of aliphatic carboxylic acids is 1. The van der Waals surface area contributed by atoms with Crippen LogP contribution in [0.2, 0.25) is 0 Å². The fourth-order valence-corrected chi connectivity index (χ4v) is 3.18. The van der Waals surface area contributed by atoms with Crippen LogP contribution in [-0.2, 0) is 4.79 Å². The molecule has 0 aliphatic heterocycles. The number of ether oxygens (including phenoxy) is 1. The maximum atomic E-state index is 11.4. The first kappa shape index (κ1) is 16.0. The monoisotopic (exact) mass is 354 g/mol. The van der Waals surface area contributed by atoms with Crippen molar-refractivity contribution in [3.63, 3.8) is 0 Å². The molecule has 1 saturated carbocycles. The molecule has 1 atom stereocenters. The minimum absolute atomic E-state index is 0.330. The quantitative estimate of drug-likeness (QED) is 0.782. The molecule has 4 nitrogen and oxygen atoms in total. The van der Waals surface area contributed by atoms with Crippen LogP contribution in [-0.4, -0.2) is 23.5 Å². The van der Waals surface area contributed by atoms with Gasteiger partial charge in [-0.15, -0.1) is 0 Å². The second-order valence-corrected chi connectivity index (χ2v) is 6.40.